The Kier molecular flexibility index (Phi) is 3.83. The van der Waals surface area contributed by atoms with Crippen molar-refractivity contribution in [3.05, 3.63) is 50.5 Å². The van der Waals surface area contributed by atoms with Crippen molar-refractivity contribution < 1.29 is 0 Å². The standard InChI is InChI=1S/C15H20N2S/c1-9-6-5-7-10(2)15(9)13(16)8-14-17-11(3)12(4)18-14/h5-7,13H,8,16H2,1-4H3. The van der Waals surface area contributed by atoms with Crippen molar-refractivity contribution in [1.29, 1.82) is 0 Å². The number of rotatable bonds is 3. The van der Waals surface area contributed by atoms with Gasteiger partial charge in [0.15, 0.2) is 0 Å². The summed E-state index contributed by atoms with van der Waals surface area (Å²) in [4.78, 5) is 5.86. The van der Waals surface area contributed by atoms with E-state index in [0.29, 0.717) is 0 Å². The van der Waals surface area contributed by atoms with E-state index in [4.69, 9.17) is 5.73 Å². The molecule has 0 spiro atoms. The Bertz CT molecular complexity index is 518. The Hall–Kier alpha value is -1.19. The average Bonchev–Trinajstić information content (AvgIpc) is 2.57. The molecule has 1 atom stereocenters. The molecule has 2 aromatic rings. The molecule has 0 saturated heterocycles. The number of aryl methyl sites for hydroxylation is 4. The highest BCUT2D eigenvalue weighted by Gasteiger charge is 2.14. The van der Waals surface area contributed by atoms with Crippen LogP contribution in [0.25, 0.3) is 0 Å². The lowest BCUT2D eigenvalue weighted by Gasteiger charge is -2.16. The number of benzene rings is 1. The maximum Gasteiger partial charge on any atom is 0.0949 e. The first-order valence-corrected chi connectivity index (χ1v) is 7.05. The molecule has 0 amide bonds. The fourth-order valence-corrected chi connectivity index (χ4v) is 3.32. The van der Waals surface area contributed by atoms with Crippen LogP contribution in [-0.4, -0.2) is 4.98 Å². The minimum Gasteiger partial charge on any atom is -0.324 e. The van der Waals surface area contributed by atoms with Crippen LogP contribution in [0, 0.1) is 27.7 Å². The van der Waals surface area contributed by atoms with Crippen LogP contribution in [0.4, 0.5) is 0 Å². The minimum absolute atomic E-state index is 0.0381. The van der Waals surface area contributed by atoms with E-state index >= 15 is 0 Å². The van der Waals surface area contributed by atoms with Gasteiger partial charge in [-0.2, -0.15) is 0 Å². The van der Waals surface area contributed by atoms with Crippen molar-refractivity contribution in [2.75, 3.05) is 0 Å². The third kappa shape index (κ3) is 2.62. The second kappa shape index (κ2) is 5.21. The molecule has 2 rings (SSSR count). The molecule has 0 aliphatic carbocycles. The molecule has 0 aliphatic rings. The van der Waals surface area contributed by atoms with E-state index in [0.717, 1.165) is 17.1 Å². The van der Waals surface area contributed by atoms with Crippen molar-refractivity contribution in [2.45, 2.75) is 40.2 Å². The zero-order valence-electron chi connectivity index (χ0n) is 11.4. The van der Waals surface area contributed by atoms with E-state index < -0.39 is 0 Å². The zero-order valence-corrected chi connectivity index (χ0v) is 12.3. The van der Waals surface area contributed by atoms with Gasteiger partial charge >= 0.3 is 0 Å². The summed E-state index contributed by atoms with van der Waals surface area (Å²) in [6.07, 6.45) is 0.824. The molecule has 1 heterocycles. The van der Waals surface area contributed by atoms with Gasteiger partial charge in [0.2, 0.25) is 0 Å². The molecule has 1 aromatic carbocycles. The molecule has 0 aliphatic heterocycles. The number of nitrogens with two attached hydrogens (primary N) is 1. The highest BCUT2D eigenvalue weighted by molar-refractivity contribution is 7.11. The van der Waals surface area contributed by atoms with Crippen LogP contribution in [0.15, 0.2) is 18.2 Å². The predicted molar refractivity (Wildman–Crippen MR) is 78.1 cm³/mol. The van der Waals surface area contributed by atoms with E-state index in [2.05, 4.69) is 50.9 Å². The maximum absolute atomic E-state index is 6.35. The summed E-state index contributed by atoms with van der Waals surface area (Å²) < 4.78 is 0. The van der Waals surface area contributed by atoms with Gasteiger partial charge in [0.25, 0.3) is 0 Å². The van der Waals surface area contributed by atoms with Gasteiger partial charge in [-0.3, -0.25) is 0 Å². The quantitative estimate of drug-likeness (QED) is 0.915. The SMILES string of the molecule is Cc1cccc(C)c1C(N)Cc1nc(C)c(C)s1. The van der Waals surface area contributed by atoms with Crippen LogP contribution in [-0.2, 0) is 6.42 Å². The lowest BCUT2D eigenvalue weighted by molar-refractivity contribution is 0.706. The fourth-order valence-electron chi connectivity index (χ4n) is 2.33. The van der Waals surface area contributed by atoms with Gasteiger partial charge in [-0.05, 0) is 44.4 Å². The van der Waals surface area contributed by atoms with Gasteiger partial charge < -0.3 is 5.73 Å². The molecule has 0 bridgehead atoms. The molecule has 2 N–H and O–H groups in total. The molecule has 0 fully saturated rings. The third-order valence-corrected chi connectivity index (χ3v) is 4.48. The van der Waals surface area contributed by atoms with Gasteiger partial charge in [-0.1, -0.05) is 18.2 Å². The topological polar surface area (TPSA) is 38.9 Å². The number of nitrogens with zero attached hydrogens (tertiary/aromatic N) is 1. The van der Waals surface area contributed by atoms with Crippen molar-refractivity contribution in [3.8, 4) is 0 Å². The van der Waals surface area contributed by atoms with Crippen molar-refractivity contribution in [1.82, 2.24) is 4.98 Å². The van der Waals surface area contributed by atoms with Crippen molar-refractivity contribution >= 4 is 11.3 Å². The van der Waals surface area contributed by atoms with Crippen molar-refractivity contribution in [3.63, 3.8) is 0 Å². The lowest BCUT2D eigenvalue weighted by atomic mass is 9.95. The normalized spacial score (nSPS) is 12.7. The van der Waals surface area contributed by atoms with Gasteiger partial charge in [0.05, 0.1) is 10.7 Å². The Morgan fingerprint density at radius 1 is 1.17 bits per heavy atom. The van der Waals surface area contributed by atoms with Gasteiger partial charge in [-0.15, -0.1) is 11.3 Å². The lowest BCUT2D eigenvalue weighted by Crippen LogP contribution is -2.16. The summed E-state index contributed by atoms with van der Waals surface area (Å²) in [7, 11) is 0. The van der Waals surface area contributed by atoms with Crippen molar-refractivity contribution in [2.24, 2.45) is 5.73 Å². The molecular weight excluding hydrogens is 240 g/mol. The summed E-state index contributed by atoms with van der Waals surface area (Å²) >= 11 is 1.76. The van der Waals surface area contributed by atoms with Gasteiger partial charge in [-0.25, -0.2) is 4.98 Å². The first-order valence-electron chi connectivity index (χ1n) is 6.23. The highest BCUT2D eigenvalue weighted by Crippen LogP contribution is 2.25. The first kappa shape index (κ1) is 13.2. The Morgan fingerprint density at radius 2 is 1.78 bits per heavy atom. The summed E-state index contributed by atoms with van der Waals surface area (Å²) in [5, 5.41) is 1.14. The molecule has 1 unspecified atom stereocenters. The molecule has 1 aromatic heterocycles. The first-order chi connectivity index (χ1) is 8.49. The Morgan fingerprint density at radius 3 is 2.28 bits per heavy atom. The molecule has 96 valence electrons. The molecular formula is C15H20N2S. The Labute approximate surface area is 113 Å². The van der Waals surface area contributed by atoms with E-state index in [1.54, 1.807) is 11.3 Å². The number of hydrogen-bond donors (Lipinski definition) is 1. The largest absolute Gasteiger partial charge is 0.324 e. The Balaban J connectivity index is 2.24. The van der Waals surface area contributed by atoms with E-state index in [1.807, 2.05) is 0 Å². The number of aromatic nitrogens is 1. The van der Waals surface area contributed by atoms with Crippen LogP contribution in [0.5, 0.6) is 0 Å². The van der Waals surface area contributed by atoms with Crippen LogP contribution < -0.4 is 5.73 Å². The third-order valence-electron chi connectivity index (χ3n) is 3.38. The maximum atomic E-state index is 6.35. The van der Waals surface area contributed by atoms with Gasteiger partial charge in [0, 0.05) is 17.3 Å². The molecule has 18 heavy (non-hydrogen) atoms. The average molecular weight is 260 g/mol. The summed E-state index contributed by atoms with van der Waals surface area (Å²) in [6, 6.07) is 6.37. The fraction of sp³-hybridized carbons (Fsp3) is 0.400. The van der Waals surface area contributed by atoms with E-state index in [-0.39, 0.29) is 6.04 Å². The monoisotopic (exact) mass is 260 g/mol. The second-order valence-electron chi connectivity index (χ2n) is 4.87. The minimum atomic E-state index is 0.0381. The molecule has 0 radical (unpaired) electrons. The predicted octanol–water partition coefficient (Wildman–Crippen LogP) is 3.62. The van der Waals surface area contributed by atoms with E-state index in [1.165, 1.54) is 21.6 Å². The smallest absolute Gasteiger partial charge is 0.0949 e. The number of thiazole rings is 1. The van der Waals surface area contributed by atoms with E-state index in [9.17, 15) is 0 Å². The number of hydrogen-bond acceptors (Lipinski definition) is 3. The van der Waals surface area contributed by atoms with Gasteiger partial charge in [0.1, 0.15) is 0 Å². The zero-order chi connectivity index (χ0) is 13.3. The molecule has 0 saturated carbocycles. The molecule has 3 heteroatoms. The summed E-state index contributed by atoms with van der Waals surface area (Å²) in [5.74, 6) is 0. The van der Waals surface area contributed by atoms with Crippen LogP contribution in [0.1, 0.15) is 38.3 Å². The van der Waals surface area contributed by atoms with Crippen LogP contribution in [0.3, 0.4) is 0 Å². The second-order valence-corrected chi connectivity index (χ2v) is 6.15. The van der Waals surface area contributed by atoms with Crippen LogP contribution >= 0.6 is 11.3 Å². The van der Waals surface area contributed by atoms with Crippen LogP contribution in [0.2, 0.25) is 0 Å². The molecule has 2 nitrogen and oxygen atoms in total. The summed E-state index contributed by atoms with van der Waals surface area (Å²) in [6.45, 7) is 8.42. The summed E-state index contributed by atoms with van der Waals surface area (Å²) in [5.41, 5.74) is 11.3. The highest BCUT2D eigenvalue weighted by atomic mass is 32.1.